The molecule has 1 fully saturated rings. The Balaban J connectivity index is 1.71. The first kappa shape index (κ1) is 14.2. The van der Waals surface area contributed by atoms with Crippen molar-refractivity contribution in [2.45, 2.75) is 38.3 Å². The predicted molar refractivity (Wildman–Crippen MR) is 79.6 cm³/mol. The molecule has 5 nitrogen and oxygen atoms in total. The van der Waals surface area contributed by atoms with Gasteiger partial charge in [0, 0.05) is 6.04 Å². The molecule has 2 N–H and O–H groups in total. The van der Waals surface area contributed by atoms with Gasteiger partial charge in [0.25, 0.3) is 0 Å². The minimum atomic E-state index is -0.356. The van der Waals surface area contributed by atoms with E-state index in [2.05, 4.69) is 23.6 Å². The molecule has 0 bridgehead atoms. The van der Waals surface area contributed by atoms with Crippen molar-refractivity contribution in [3.8, 4) is 5.75 Å². The van der Waals surface area contributed by atoms with Gasteiger partial charge in [0.05, 0.1) is 6.54 Å². The maximum Gasteiger partial charge on any atom is 0.407 e. The predicted octanol–water partition coefficient (Wildman–Crippen LogP) is 2.16. The van der Waals surface area contributed by atoms with Crippen LogP contribution in [-0.2, 0) is 11.2 Å². The molecule has 1 aliphatic heterocycles. The van der Waals surface area contributed by atoms with Crippen LogP contribution in [0.2, 0.25) is 0 Å². The lowest BCUT2D eigenvalue weighted by Gasteiger charge is -2.28. The zero-order valence-corrected chi connectivity index (χ0v) is 12.4. The molecule has 1 aromatic rings. The zero-order chi connectivity index (χ0) is 14.7. The van der Waals surface area contributed by atoms with Crippen LogP contribution in [-0.4, -0.2) is 31.9 Å². The third-order valence-corrected chi connectivity index (χ3v) is 4.09. The Morgan fingerprint density at radius 1 is 1.48 bits per heavy atom. The number of carbonyl (C=O) groups excluding carboxylic acids is 1. The highest BCUT2D eigenvalue weighted by molar-refractivity contribution is 5.69. The van der Waals surface area contributed by atoms with Gasteiger partial charge in [0.2, 0.25) is 0 Å². The largest absolute Gasteiger partial charge is 0.489 e. The van der Waals surface area contributed by atoms with E-state index >= 15 is 0 Å². The van der Waals surface area contributed by atoms with Crippen LogP contribution in [0, 0.1) is 0 Å². The number of hydrogen-bond acceptors (Lipinski definition) is 4. The van der Waals surface area contributed by atoms with Crippen molar-refractivity contribution in [2.24, 2.45) is 0 Å². The lowest BCUT2D eigenvalue weighted by Crippen LogP contribution is -2.26. The second-order valence-electron chi connectivity index (χ2n) is 5.55. The van der Waals surface area contributed by atoms with Crippen LogP contribution in [0.4, 0.5) is 4.79 Å². The van der Waals surface area contributed by atoms with E-state index in [0.29, 0.717) is 19.2 Å². The second-order valence-corrected chi connectivity index (χ2v) is 5.55. The number of fused-ring (bicyclic) bond motifs is 1. The highest BCUT2D eigenvalue weighted by Gasteiger charge is 2.25. The number of carbonyl (C=O) groups is 1. The summed E-state index contributed by atoms with van der Waals surface area (Å²) in [6.45, 7) is 4.03. The number of ether oxygens (including phenoxy) is 2. The fourth-order valence-corrected chi connectivity index (χ4v) is 3.12. The van der Waals surface area contributed by atoms with Crippen molar-refractivity contribution >= 4 is 6.09 Å². The number of cyclic esters (lactones) is 1. The molecular weight excluding hydrogens is 268 g/mol. The van der Waals surface area contributed by atoms with Crippen LogP contribution in [0.25, 0.3) is 0 Å². The summed E-state index contributed by atoms with van der Waals surface area (Å²) in [5.41, 5.74) is 2.65. The number of alkyl carbamates (subject to hydrolysis) is 1. The summed E-state index contributed by atoms with van der Waals surface area (Å²) in [7, 11) is 0. The average molecular weight is 290 g/mol. The molecule has 1 heterocycles. The first-order valence-electron chi connectivity index (χ1n) is 7.70. The summed E-state index contributed by atoms with van der Waals surface area (Å²) < 4.78 is 11.0. The summed E-state index contributed by atoms with van der Waals surface area (Å²) >= 11 is 0. The van der Waals surface area contributed by atoms with Gasteiger partial charge in [-0.05, 0) is 43.0 Å². The Labute approximate surface area is 125 Å². The third kappa shape index (κ3) is 3.13. The smallest absolute Gasteiger partial charge is 0.407 e. The van der Waals surface area contributed by atoms with E-state index < -0.39 is 0 Å². The molecule has 1 aromatic carbocycles. The van der Waals surface area contributed by atoms with Crippen molar-refractivity contribution in [1.82, 2.24) is 10.6 Å². The zero-order valence-electron chi connectivity index (χ0n) is 12.4. The van der Waals surface area contributed by atoms with Gasteiger partial charge in [-0.3, -0.25) is 0 Å². The van der Waals surface area contributed by atoms with Gasteiger partial charge in [-0.1, -0.05) is 19.1 Å². The Hall–Kier alpha value is -1.75. The molecule has 0 spiro atoms. The molecule has 0 saturated carbocycles. The lowest BCUT2D eigenvalue weighted by atomic mass is 9.87. The summed E-state index contributed by atoms with van der Waals surface area (Å²) in [6, 6.07) is 6.67. The van der Waals surface area contributed by atoms with Crippen molar-refractivity contribution in [2.75, 3.05) is 19.7 Å². The van der Waals surface area contributed by atoms with Crippen molar-refractivity contribution in [3.05, 3.63) is 29.3 Å². The van der Waals surface area contributed by atoms with Gasteiger partial charge < -0.3 is 20.1 Å². The van der Waals surface area contributed by atoms with Crippen molar-refractivity contribution < 1.29 is 14.3 Å². The quantitative estimate of drug-likeness (QED) is 0.872. The number of nitrogens with one attached hydrogen (secondary N) is 2. The van der Waals surface area contributed by atoms with E-state index in [1.807, 2.05) is 12.1 Å². The lowest BCUT2D eigenvalue weighted by molar-refractivity contribution is 0.104. The van der Waals surface area contributed by atoms with Gasteiger partial charge in [0.1, 0.15) is 12.4 Å². The molecule has 114 valence electrons. The first-order valence-corrected chi connectivity index (χ1v) is 7.70. The van der Waals surface area contributed by atoms with Gasteiger partial charge in [-0.2, -0.15) is 0 Å². The molecule has 3 rings (SSSR count). The Bertz CT molecular complexity index is 518. The number of hydrogen-bond donors (Lipinski definition) is 2. The van der Waals surface area contributed by atoms with E-state index in [9.17, 15) is 4.79 Å². The Morgan fingerprint density at radius 3 is 3.14 bits per heavy atom. The number of benzene rings is 1. The summed E-state index contributed by atoms with van der Waals surface area (Å²) in [4.78, 5) is 11.0. The first-order chi connectivity index (χ1) is 10.3. The van der Waals surface area contributed by atoms with Crippen LogP contribution in [0.5, 0.6) is 5.75 Å². The molecule has 2 aliphatic rings. The topological polar surface area (TPSA) is 59.6 Å². The number of rotatable bonds is 5. The molecule has 21 heavy (non-hydrogen) atoms. The van der Waals surface area contributed by atoms with Crippen molar-refractivity contribution in [3.63, 3.8) is 0 Å². The van der Waals surface area contributed by atoms with Gasteiger partial charge in [-0.15, -0.1) is 0 Å². The minimum absolute atomic E-state index is 0.193. The molecule has 1 saturated heterocycles. The monoisotopic (exact) mass is 290 g/mol. The van der Waals surface area contributed by atoms with E-state index in [0.717, 1.165) is 18.7 Å². The molecule has 0 radical (unpaired) electrons. The third-order valence-electron chi connectivity index (χ3n) is 4.09. The summed E-state index contributed by atoms with van der Waals surface area (Å²) in [5.74, 6) is 0.929. The van der Waals surface area contributed by atoms with Gasteiger partial charge in [0.15, 0.2) is 6.10 Å². The fourth-order valence-electron chi connectivity index (χ4n) is 3.12. The maximum atomic E-state index is 11.0. The highest BCUT2D eigenvalue weighted by Crippen LogP contribution is 2.35. The van der Waals surface area contributed by atoms with E-state index in [-0.39, 0.29) is 12.2 Å². The maximum absolute atomic E-state index is 11.0. The number of amides is 1. The van der Waals surface area contributed by atoms with Gasteiger partial charge >= 0.3 is 6.09 Å². The van der Waals surface area contributed by atoms with Crippen LogP contribution in [0.15, 0.2) is 18.2 Å². The van der Waals surface area contributed by atoms with Crippen LogP contribution < -0.4 is 15.4 Å². The van der Waals surface area contributed by atoms with Crippen LogP contribution in [0.1, 0.15) is 36.9 Å². The average Bonchev–Trinajstić information content (AvgIpc) is 2.91. The standard InChI is InChI=1S/C16H22N2O3/c1-2-17-14-7-3-6-13-12(14)5-4-8-15(13)20-10-11-9-18-16(19)21-11/h4-5,8,11,14,17H,2-3,6-7,9-10H2,1H3,(H,18,19). The normalized spacial score (nSPS) is 24.1. The van der Waals surface area contributed by atoms with Gasteiger partial charge in [-0.25, -0.2) is 4.79 Å². The highest BCUT2D eigenvalue weighted by atomic mass is 16.6. The Kier molecular flexibility index (Phi) is 4.29. The van der Waals surface area contributed by atoms with Crippen LogP contribution in [0.3, 0.4) is 0 Å². The molecule has 1 amide bonds. The molecule has 1 aliphatic carbocycles. The molecule has 2 unspecified atom stereocenters. The summed E-state index contributed by atoms with van der Waals surface area (Å²) in [5, 5.41) is 6.18. The van der Waals surface area contributed by atoms with Crippen LogP contribution >= 0.6 is 0 Å². The fraction of sp³-hybridized carbons (Fsp3) is 0.562. The minimum Gasteiger partial charge on any atom is -0.489 e. The molecule has 0 aromatic heterocycles. The van der Waals surface area contributed by atoms with E-state index in [1.54, 1.807) is 0 Å². The molecule has 5 heteroatoms. The van der Waals surface area contributed by atoms with E-state index in [1.165, 1.54) is 24.0 Å². The Morgan fingerprint density at radius 2 is 2.38 bits per heavy atom. The molecular formula is C16H22N2O3. The van der Waals surface area contributed by atoms with Crippen molar-refractivity contribution in [1.29, 1.82) is 0 Å². The SMILES string of the molecule is CCNC1CCCc2c(OCC3CNC(=O)O3)cccc21. The molecule has 2 atom stereocenters. The second kappa shape index (κ2) is 6.35. The van der Waals surface area contributed by atoms with E-state index in [4.69, 9.17) is 9.47 Å². The summed E-state index contributed by atoms with van der Waals surface area (Å²) in [6.07, 6.45) is 2.85.